The average Bonchev–Trinajstić information content (AvgIpc) is 2.34. The molecule has 1 aromatic rings. The molecule has 0 fully saturated rings. The molecule has 1 unspecified atom stereocenters. The predicted molar refractivity (Wildman–Crippen MR) is 59.6 cm³/mol. The van der Waals surface area contributed by atoms with E-state index in [1.54, 1.807) is 18.2 Å². The summed E-state index contributed by atoms with van der Waals surface area (Å²) in [4.78, 5) is 0. The monoisotopic (exact) mass is 261 g/mol. The van der Waals surface area contributed by atoms with E-state index < -0.39 is 18.6 Å². The molecular formula is C12H14F3NO2. The first-order chi connectivity index (χ1) is 8.47. The summed E-state index contributed by atoms with van der Waals surface area (Å²) in [5, 5.41) is 0. The van der Waals surface area contributed by atoms with Gasteiger partial charge >= 0.3 is 6.18 Å². The standard InChI is InChI=1S/C12H14F3NO2/c13-12(14,15)5-4-9(16)8-2-1-3-10-11(8)18-7-6-17-10/h1-3,9H,4-7,16H2. The highest BCUT2D eigenvalue weighted by Crippen LogP contribution is 2.38. The molecular weight excluding hydrogens is 247 g/mol. The van der Waals surface area contributed by atoms with Gasteiger partial charge in [0.25, 0.3) is 0 Å². The van der Waals surface area contributed by atoms with Crippen LogP contribution in [0.15, 0.2) is 18.2 Å². The zero-order valence-corrected chi connectivity index (χ0v) is 9.67. The van der Waals surface area contributed by atoms with Gasteiger partial charge in [0.1, 0.15) is 13.2 Å². The molecule has 1 heterocycles. The summed E-state index contributed by atoms with van der Waals surface area (Å²) in [7, 11) is 0. The summed E-state index contributed by atoms with van der Waals surface area (Å²) in [5.74, 6) is 1.01. The maximum atomic E-state index is 12.2. The van der Waals surface area contributed by atoms with Crippen LogP contribution in [-0.2, 0) is 0 Å². The minimum atomic E-state index is -4.19. The summed E-state index contributed by atoms with van der Waals surface area (Å²) >= 11 is 0. The Hall–Kier alpha value is -1.43. The van der Waals surface area contributed by atoms with E-state index in [4.69, 9.17) is 15.2 Å². The number of hydrogen-bond acceptors (Lipinski definition) is 3. The lowest BCUT2D eigenvalue weighted by molar-refractivity contribution is -0.136. The minimum absolute atomic E-state index is 0.163. The van der Waals surface area contributed by atoms with Crippen LogP contribution in [0.2, 0.25) is 0 Å². The number of fused-ring (bicyclic) bond motifs is 1. The Morgan fingerprint density at radius 3 is 2.67 bits per heavy atom. The molecule has 1 atom stereocenters. The lowest BCUT2D eigenvalue weighted by Gasteiger charge is -2.23. The van der Waals surface area contributed by atoms with Gasteiger partial charge in [-0.15, -0.1) is 0 Å². The van der Waals surface area contributed by atoms with E-state index in [-0.39, 0.29) is 6.42 Å². The van der Waals surface area contributed by atoms with Gasteiger partial charge in [-0.1, -0.05) is 12.1 Å². The van der Waals surface area contributed by atoms with E-state index in [1.807, 2.05) is 0 Å². The second kappa shape index (κ2) is 5.06. The average molecular weight is 261 g/mol. The fourth-order valence-electron chi connectivity index (χ4n) is 1.86. The molecule has 2 N–H and O–H groups in total. The molecule has 0 saturated heterocycles. The van der Waals surface area contributed by atoms with Crippen molar-refractivity contribution in [2.24, 2.45) is 5.73 Å². The molecule has 0 spiro atoms. The van der Waals surface area contributed by atoms with Crippen LogP contribution in [0.5, 0.6) is 11.5 Å². The topological polar surface area (TPSA) is 44.5 Å². The molecule has 0 amide bonds. The van der Waals surface area contributed by atoms with Crippen molar-refractivity contribution in [1.29, 1.82) is 0 Å². The molecule has 100 valence electrons. The molecule has 1 aliphatic heterocycles. The molecule has 2 rings (SSSR count). The third-order valence-corrected chi connectivity index (χ3v) is 2.73. The van der Waals surface area contributed by atoms with Crippen molar-refractivity contribution in [3.8, 4) is 11.5 Å². The maximum Gasteiger partial charge on any atom is 0.389 e. The maximum absolute atomic E-state index is 12.2. The normalized spacial score (nSPS) is 16.4. The molecule has 3 nitrogen and oxygen atoms in total. The molecule has 1 aliphatic rings. The van der Waals surface area contributed by atoms with Crippen LogP contribution in [0.25, 0.3) is 0 Å². The number of rotatable bonds is 3. The van der Waals surface area contributed by atoms with E-state index >= 15 is 0 Å². The summed E-state index contributed by atoms with van der Waals surface area (Å²) in [5.41, 5.74) is 6.36. The van der Waals surface area contributed by atoms with Crippen LogP contribution in [0.3, 0.4) is 0 Å². The van der Waals surface area contributed by atoms with E-state index in [2.05, 4.69) is 0 Å². The molecule has 0 aliphatic carbocycles. The summed E-state index contributed by atoms with van der Waals surface area (Å²) in [6.07, 6.45) is -5.26. The third-order valence-electron chi connectivity index (χ3n) is 2.73. The number of hydrogen-bond donors (Lipinski definition) is 1. The highest BCUT2D eigenvalue weighted by Gasteiger charge is 2.29. The predicted octanol–water partition coefficient (Wildman–Crippen LogP) is 2.80. The third kappa shape index (κ3) is 3.07. The van der Waals surface area contributed by atoms with Crippen molar-refractivity contribution in [3.05, 3.63) is 23.8 Å². The summed E-state index contributed by atoms with van der Waals surface area (Å²) < 4.78 is 47.3. The number of benzene rings is 1. The van der Waals surface area contributed by atoms with Gasteiger partial charge in [0.15, 0.2) is 11.5 Å². The zero-order valence-electron chi connectivity index (χ0n) is 9.67. The Bertz CT molecular complexity index is 420. The van der Waals surface area contributed by atoms with Crippen LogP contribution in [0, 0.1) is 0 Å². The van der Waals surface area contributed by atoms with Gasteiger partial charge in [0.2, 0.25) is 0 Å². The SMILES string of the molecule is NC(CCC(F)(F)F)c1cccc2c1OCCO2. The fraction of sp³-hybridized carbons (Fsp3) is 0.500. The first kappa shape index (κ1) is 13.0. The van der Waals surface area contributed by atoms with Crippen LogP contribution in [-0.4, -0.2) is 19.4 Å². The van der Waals surface area contributed by atoms with Gasteiger partial charge in [0, 0.05) is 18.0 Å². The van der Waals surface area contributed by atoms with E-state index in [0.29, 0.717) is 30.3 Å². The van der Waals surface area contributed by atoms with Crippen molar-refractivity contribution >= 4 is 0 Å². The first-order valence-corrected chi connectivity index (χ1v) is 5.68. The van der Waals surface area contributed by atoms with Crippen LogP contribution >= 0.6 is 0 Å². The Labute approximate surface area is 103 Å². The number of alkyl halides is 3. The number of ether oxygens (including phenoxy) is 2. The smallest absolute Gasteiger partial charge is 0.389 e. The Morgan fingerprint density at radius 1 is 1.22 bits per heavy atom. The van der Waals surface area contributed by atoms with Crippen LogP contribution in [0.4, 0.5) is 13.2 Å². The molecule has 6 heteroatoms. The van der Waals surface area contributed by atoms with Gasteiger partial charge in [-0.2, -0.15) is 13.2 Å². The van der Waals surface area contributed by atoms with Crippen molar-refractivity contribution in [2.45, 2.75) is 25.1 Å². The van der Waals surface area contributed by atoms with Gasteiger partial charge in [-0.25, -0.2) is 0 Å². The van der Waals surface area contributed by atoms with E-state index in [0.717, 1.165) is 0 Å². The lowest BCUT2D eigenvalue weighted by Crippen LogP contribution is -2.20. The van der Waals surface area contributed by atoms with Gasteiger partial charge < -0.3 is 15.2 Å². The number of para-hydroxylation sites is 1. The van der Waals surface area contributed by atoms with Crippen molar-refractivity contribution in [2.75, 3.05) is 13.2 Å². The second-order valence-electron chi connectivity index (χ2n) is 4.13. The Morgan fingerprint density at radius 2 is 1.94 bits per heavy atom. The van der Waals surface area contributed by atoms with Crippen LogP contribution in [0.1, 0.15) is 24.4 Å². The van der Waals surface area contributed by atoms with Crippen molar-refractivity contribution in [3.63, 3.8) is 0 Å². The van der Waals surface area contributed by atoms with Crippen LogP contribution < -0.4 is 15.2 Å². The molecule has 0 radical (unpaired) electrons. The Kier molecular flexibility index (Phi) is 3.65. The van der Waals surface area contributed by atoms with Gasteiger partial charge in [-0.05, 0) is 12.5 Å². The Balaban J connectivity index is 2.12. The molecule has 0 saturated carbocycles. The highest BCUT2D eigenvalue weighted by molar-refractivity contribution is 5.48. The second-order valence-corrected chi connectivity index (χ2v) is 4.13. The molecule has 18 heavy (non-hydrogen) atoms. The van der Waals surface area contributed by atoms with Gasteiger partial charge in [0.05, 0.1) is 0 Å². The van der Waals surface area contributed by atoms with E-state index in [1.165, 1.54) is 0 Å². The first-order valence-electron chi connectivity index (χ1n) is 5.68. The minimum Gasteiger partial charge on any atom is -0.486 e. The molecule has 0 aromatic heterocycles. The fourth-order valence-corrected chi connectivity index (χ4v) is 1.86. The van der Waals surface area contributed by atoms with E-state index in [9.17, 15) is 13.2 Å². The summed E-state index contributed by atoms with van der Waals surface area (Å²) in [6.45, 7) is 0.824. The zero-order chi connectivity index (χ0) is 13.2. The molecule has 1 aromatic carbocycles. The quantitative estimate of drug-likeness (QED) is 0.909. The number of halogens is 3. The molecule has 0 bridgehead atoms. The highest BCUT2D eigenvalue weighted by atomic mass is 19.4. The number of nitrogens with two attached hydrogens (primary N) is 1. The van der Waals surface area contributed by atoms with Crippen molar-refractivity contribution < 1.29 is 22.6 Å². The summed E-state index contributed by atoms with van der Waals surface area (Å²) in [6, 6.07) is 4.39. The van der Waals surface area contributed by atoms with Gasteiger partial charge in [-0.3, -0.25) is 0 Å². The van der Waals surface area contributed by atoms with Crippen molar-refractivity contribution in [1.82, 2.24) is 0 Å². The lowest BCUT2D eigenvalue weighted by atomic mass is 10.0. The largest absolute Gasteiger partial charge is 0.486 e.